The van der Waals surface area contributed by atoms with E-state index in [0.717, 1.165) is 34.6 Å². The first-order valence-electron chi connectivity index (χ1n) is 8.85. The maximum absolute atomic E-state index is 12.7. The number of benzene rings is 2. The summed E-state index contributed by atoms with van der Waals surface area (Å²) in [5, 5.41) is 2.77. The molecule has 2 aromatic heterocycles. The van der Waals surface area contributed by atoms with Crippen molar-refractivity contribution in [3.05, 3.63) is 89.7 Å². The zero-order valence-electron chi connectivity index (χ0n) is 15.4. The number of pyridine rings is 1. The molecule has 4 nitrogen and oxygen atoms in total. The normalized spacial score (nSPS) is 11.6. The van der Waals surface area contributed by atoms with Crippen LogP contribution in [0.1, 0.15) is 21.5 Å². The summed E-state index contributed by atoms with van der Waals surface area (Å²) >= 11 is 0. The highest BCUT2D eigenvalue weighted by Gasteiger charge is 2.30. The average Bonchev–Trinajstić information content (AvgIpc) is 3.13. The number of hydrogen-bond donors (Lipinski definition) is 1. The number of imidazole rings is 1. The lowest BCUT2D eigenvalue weighted by Gasteiger charge is -2.11. The van der Waals surface area contributed by atoms with Crippen molar-refractivity contribution in [2.45, 2.75) is 13.1 Å². The van der Waals surface area contributed by atoms with E-state index >= 15 is 0 Å². The van der Waals surface area contributed by atoms with Gasteiger partial charge in [-0.3, -0.25) is 4.79 Å². The highest BCUT2D eigenvalue weighted by Crippen LogP contribution is 2.29. The van der Waals surface area contributed by atoms with Crippen LogP contribution in [-0.2, 0) is 6.18 Å². The molecule has 2 heterocycles. The van der Waals surface area contributed by atoms with Crippen LogP contribution >= 0.6 is 0 Å². The van der Waals surface area contributed by atoms with Crippen molar-refractivity contribution >= 4 is 17.2 Å². The Morgan fingerprint density at radius 3 is 2.48 bits per heavy atom. The Morgan fingerprint density at radius 2 is 1.79 bits per heavy atom. The van der Waals surface area contributed by atoms with Gasteiger partial charge in [0.25, 0.3) is 5.91 Å². The van der Waals surface area contributed by atoms with Gasteiger partial charge in [0.1, 0.15) is 5.65 Å². The molecule has 146 valence electrons. The number of carbonyl (C=O) groups is 1. The number of rotatable bonds is 3. The maximum Gasteiger partial charge on any atom is 0.416 e. The Balaban J connectivity index is 1.60. The summed E-state index contributed by atoms with van der Waals surface area (Å²) in [4.78, 5) is 17.1. The summed E-state index contributed by atoms with van der Waals surface area (Å²) < 4.78 is 40.0. The van der Waals surface area contributed by atoms with Crippen molar-refractivity contribution < 1.29 is 18.0 Å². The Hall–Kier alpha value is -3.61. The molecule has 0 aliphatic carbocycles. The summed E-state index contributed by atoms with van der Waals surface area (Å²) in [6, 6.07) is 15.4. The van der Waals surface area contributed by atoms with Crippen LogP contribution in [0.3, 0.4) is 0 Å². The van der Waals surface area contributed by atoms with Crippen LogP contribution in [-0.4, -0.2) is 15.3 Å². The molecule has 4 rings (SSSR count). The molecule has 0 atom stereocenters. The first-order valence-corrected chi connectivity index (χ1v) is 8.85. The summed E-state index contributed by atoms with van der Waals surface area (Å²) in [6.45, 7) is 1.84. The van der Waals surface area contributed by atoms with Gasteiger partial charge in [0, 0.05) is 29.2 Å². The standard InChI is InChI=1S/C22H16F3N3O/c1-14-5-6-16(19-13-28-11-3-2-4-20(28)26-19)12-18(14)27-21(29)15-7-9-17(10-8-15)22(23,24)25/h2-13H,1H3,(H,27,29). The Labute approximate surface area is 164 Å². The molecule has 0 spiro atoms. The van der Waals surface area contributed by atoms with E-state index in [1.807, 2.05) is 54.0 Å². The molecular weight excluding hydrogens is 379 g/mol. The SMILES string of the molecule is Cc1ccc(-c2cn3ccccc3n2)cc1NC(=O)c1ccc(C(F)(F)F)cc1. The Kier molecular flexibility index (Phi) is 4.58. The van der Waals surface area contributed by atoms with E-state index in [0.29, 0.717) is 5.69 Å². The number of hydrogen-bond acceptors (Lipinski definition) is 2. The molecule has 4 aromatic rings. The molecule has 0 bridgehead atoms. The molecule has 0 saturated carbocycles. The van der Waals surface area contributed by atoms with Crippen LogP contribution in [0.15, 0.2) is 73.1 Å². The van der Waals surface area contributed by atoms with Crippen LogP contribution < -0.4 is 5.32 Å². The molecule has 0 radical (unpaired) electrons. The quantitative estimate of drug-likeness (QED) is 0.492. The van der Waals surface area contributed by atoms with Gasteiger partial charge >= 0.3 is 6.18 Å². The van der Waals surface area contributed by atoms with E-state index in [4.69, 9.17) is 0 Å². The molecule has 2 aromatic carbocycles. The van der Waals surface area contributed by atoms with Crippen molar-refractivity contribution in [3.8, 4) is 11.3 Å². The molecule has 0 unspecified atom stereocenters. The van der Waals surface area contributed by atoms with E-state index in [1.54, 1.807) is 6.07 Å². The lowest BCUT2D eigenvalue weighted by Crippen LogP contribution is -2.13. The van der Waals surface area contributed by atoms with E-state index in [1.165, 1.54) is 12.1 Å². The number of amides is 1. The van der Waals surface area contributed by atoms with Crippen molar-refractivity contribution in [1.29, 1.82) is 0 Å². The van der Waals surface area contributed by atoms with Gasteiger partial charge in [-0.1, -0.05) is 18.2 Å². The first kappa shape index (κ1) is 18.7. The molecule has 1 amide bonds. The van der Waals surface area contributed by atoms with Gasteiger partial charge < -0.3 is 9.72 Å². The van der Waals surface area contributed by atoms with Crippen molar-refractivity contribution in [2.24, 2.45) is 0 Å². The van der Waals surface area contributed by atoms with E-state index < -0.39 is 17.6 Å². The number of aryl methyl sites for hydroxylation is 1. The smallest absolute Gasteiger partial charge is 0.322 e. The second-order valence-electron chi connectivity index (χ2n) is 6.65. The predicted octanol–water partition coefficient (Wildman–Crippen LogP) is 5.58. The third-order valence-corrected chi connectivity index (χ3v) is 4.62. The highest BCUT2D eigenvalue weighted by atomic mass is 19.4. The topological polar surface area (TPSA) is 46.4 Å². The molecule has 0 fully saturated rings. The molecule has 29 heavy (non-hydrogen) atoms. The van der Waals surface area contributed by atoms with Gasteiger partial charge in [0.15, 0.2) is 0 Å². The summed E-state index contributed by atoms with van der Waals surface area (Å²) in [5.41, 5.74) is 3.14. The molecule has 0 aliphatic rings. The number of halogens is 3. The monoisotopic (exact) mass is 395 g/mol. The second-order valence-corrected chi connectivity index (χ2v) is 6.65. The number of fused-ring (bicyclic) bond motifs is 1. The minimum Gasteiger partial charge on any atom is -0.322 e. The summed E-state index contributed by atoms with van der Waals surface area (Å²) in [7, 11) is 0. The van der Waals surface area contributed by atoms with Gasteiger partial charge in [-0.25, -0.2) is 4.98 Å². The second kappa shape index (κ2) is 7.09. The Bertz CT molecular complexity index is 1160. The number of nitrogens with one attached hydrogen (secondary N) is 1. The van der Waals surface area contributed by atoms with Crippen molar-refractivity contribution in [2.75, 3.05) is 5.32 Å². The number of anilines is 1. The zero-order chi connectivity index (χ0) is 20.6. The maximum atomic E-state index is 12.7. The minimum absolute atomic E-state index is 0.149. The number of aromatic nitrogens is 2. The minimum atomic E-state index is -4.44. The fraction of sp³-hybridized carbons (Fsp3) is 0.0909. The number of alkyl halides is 3. The third-order valence-electron chi connectivity index (χ3n) is 4.62. The van der Waals surface area contributed by atoms with Crippen LogP contribution in [0.2, 0.25) is 0 Å². The van der Waals surface area contributed by atoms with E-state index in [-0.39, 0.29) is 5.56 Å². The molecule has 0 saturated heterocycles. The summed E-state index contributed by atoms with van der Waals surface area (Å²) in [5.74, 6) is -0.478. The molecule has 0 aliphatic heterocycles. The van der Waals surface area contributed by atoms with Gasteiger partial charge in [-0.15, -0.1) is 0 Å². The van der Waals surface area contributed by atoms with Crippen molar-refractivity contribution in [1.82, 2.24) is 9.38 Å². The van der Waals surface area contributed by atoms with E-state index in [9.17, 15) is 18.0 Å². The van der Waals surface area contributed by atoms with Crippen LogP contribution in [0, 0.1) is 6.92 Å². The fourth-order valence-corrected chi connectivity index (χ4v) is 2.99. The lowest BCUT2D eigenvalue weighted by molar-refractivity contribution is -0.137. The van der Waals surface area contributed by atoms with Crippen LogP contribution in [0.5, 0.6) is 0 Å². The number of nitrogens with zero attached hydrogens (tertiary/aromatic N) is 2. The van der Waals surface area contributed by atoms with Crippen LogP contribution in [0.4, 0.5) is 18.9 Å². The van der Waals surface area contributed by atoms with Gasteiger partial charge in [0.2, 0.25) is 0 Å². The third kappa shape index (κ3) is 3.85. The molecular formula is C22H16F3N3O. The van der Waals surface area contributed by atoms with Crippen LogP contribution in [0.25, 0.3) is 16.9 Å². The summed E-state index contributed by atoms with van der Waals surface area (Å²) in [6.07, 6.45) is -0.650. The zero-order valence-corrected chi connectivity index (χ0v) is 15.4. The van der Waals surface area contributed by atoms with E-state index in [2.05, 4.69) is 10.3 Å². The van der Waals surface area contributed by atoms with Gasteiger partial charge in [-0.05, 0) is 55.0 Å². The highest BCUT2D eigenvalue weighted by molar-refractivity contribution is 6.05. The first-order chi connectivity index (χ1) is 13.8. The number of carbonyl (C=O) groups excluding carboxylic acids is 1. The predicted molar refractivity (Wildman–Crippen MR) is 105 cm³/mol. The fourth-order valence-electron chi connectivity index (χ4n) is 2.99. The molecule has 7 heteroatoms. The average molecular weight is 395 g/mol. The van der Waals surface area contributed by atoms with Gasteiger partial charge in [-0.2, -0.15) is 13.2 Å². The Morgan fingerprint density at radius 1 is 1.03 bits per heavy atom. The lowest BCUT2D eigenvalue weighted by atomic mass is 10.1. The molecule has 1 N–H and O–H groups in total. The van der Waals surface area contributed by atoms with Crippen molar-refractivity contribution in [3.63, 3.8) is 0 Å². The largest absolute Gasteiger partial charge is 0.416 e. The van der Waals surface area contributed by atoms with Gasteiger partial charge in [0.05, 0.1) is 11.3 Å².